The van der Waals surface area contributed by atoms with Gasteiger partial charge in [0.05, 0.1) is 6.54 Å². The molecule has 0 bridgehead atoms. The third-order valence-corrected chi connectivity index (χ3v) is 6.04. The molecule has 0 unspecified atom stereocenters. The van der Waals surface area contributed by atoms with Crippen LogP contribution in [0.4, 0.5) is 9.59 Å². The number of likely N-dealkylation sites (tertiary alicyclic amines) is 2. The number of alkyl carbamates (subject to hydrolysis) is 1. The molecule has 2 aliphatic rings. The highest BCUT2D eigenvalue weighted by Crippen LogP contribution is 2.32. The number of carbonyl (C=O) groups excluding carboxylic acids is 3. The van der Waals surface area contributed by atoms with E-state index in [1.54, 1.807) is 41.5 Å². The molecule has 13 heteroatoms. The summed E-state index contributed by atoms with van der Waals surface area (Å²) in [6.07, 6.45) is -0.408. The van der Waals surface area contributed by atoms with Crippen LogP contribution in [0.2, 0.25) is 6.32 Å². The molecule has 36 heavy (non-hydrogen) atoms. The molecule has 204 valence electrons. The molecule has 0 aromatic carbocycles. The van der Waals surface area contributed by atoms with Crippen molar-refractivity contribution in [1.82, 2.24) is 15.1 Å². The van der Waals surface area contributed by atoms with Gasteiger partial charge in [-0.3, -0.25) is 9.69 Å². The lowest BCUT2D eigenvalue weighted by molar-refractivity contribution is -0.152. The Labute approximate surface area is 212 Å². The molecule has 2 heterocycles. The minimum Gasteiger partial charge on any atom is -0.479 e. The average molecular weight is 513 g/mol. The lowest BCUT2D eigenvalue weighted by atomic mass is 9.75. The maximum absolute atomic E-state index is 13.6. The van der Waals surface area contributed by atoms with Crippen molar-refractivity contribution in [1.29, 1.82) is 0 Å². The van der Waals surface area contributed by atoms with Crippen LogP contribution in [0.1, 0.15) is 67.2 Å². The molecule has 0 aliphatic carbocycles. The number of ether oxygens (including phenoxy) is 2. The lowest BCUT2D eigenvalue weighted by Crippen LogP contribution is -2.67. The van der Waals surface area contributed by atoms with Gasteiger partial charge in [0.25, 0.3) is 0 Å². The highest BCUT2D eigenvalue weighted by atomic mass is 16.6. The molecular weight excluding hydrogens is 473 g/mol. The van der Waals surface area contributed by atoms with E-state index < -0.39 is 59.9 Å². The van der Waals surface area contributed by atoms with E-state index in [0.29, 0.717) is 19.4 Å². The first-order chi connectivity index (χ1) is 16.4. The minimum absolute atomic E-state index is 0.0255. The van der Waals surface area contributed by atoms with Crippen molar-refractivity contribution in [2.75, 3.05) is 19.6 Å². The number of nitrogens with one attached hydrogen (secondary N) is 1. The second-order valence-corrected chi connectivity index (χ2v) is 11.7. The molecule has 3 amide bonds. The molecule has 12 nitrogen and oxygen atoms in total. The van der Waals surface area contributed by atoms with Gasteiger partial charge < -0.3 is 34.8 Å². The summed E-state index contributed by atoms with van der Waals surface area (Å²) < 4.78 is 10.7. The first-order valence-electron chi connectivity index (χ1n) is 12.3. The summed E-state index contributed by atoms with van der Waals surface area (Å²) in [4.78, 5) is 54.1. The van der Waals surface area contributed by atoms with Gasteiger partial charge in [-0.15, -0.1) is 0 Å². The fourth-order valence-electron chi connectivity index (χ4n) is 4.64. The number of aliphatic carboxylic acids is 1. The number of carboxylic acids is 1. The molecule has 0 radical (unpaired) electrons. The van der Waals surface area contributed by atoms with Crippen molar-refractivity contribution in [2.45, 2.75) is 96.3 Å². The van der Waals surface area contributed by atoms with Crippen LogP contribution in [0.3, 0.4) is 0 Å². The van der Waals surface area contributed by atoms with Gasteiger partial charge in [0.15, 0.2) is 5.54 Å². The molecule has 0 aromatic heterocycles. The zero-order valence-electron chi connectivity index (χ0n) is 22.1. The number of piperidine rings is 1. The molecule has 2 fully saturated rings. The van der Waals surface area contributed by atoms with Crippen molar-refractivity contribution in [3.8, 4) is 0 Å². The Hall–Kier alpha value is -2.54. The van der Waals surface area contributed by atoms with E-state index in [2.05, 4.69) is 5.32 Å². The van der Waals surface area contributed by atoms with E-state index >= 15 is 0 Å². The average Bonchev–Trinajstić information content (AvgIpc) is 3.18. The second kappa shape index (κ2) is 11.2. The quantitative estimate of drug-likeness (QED) is 0.385. The van der Waals surface area contributed by atoms with Gasteiger partial charge in [0, 0.05) is 13.1 Å². The Balaban J connectivity index is 2.32. The maximum Gasteiger partial charge on any atom is 0.451 e. The molecule has 3 atom stereocenters. The monoisotopic (exact) mass is 513 g/mol. The molecule has 2 saturated heterocycles. The Morgan fingerprint density at radius 2 is 1.67 bits per heavy atom. The summed E-state index contributed by atoms with van der Waals surface area (Å²) >= 11 is 0. The first-order valence-corrected chi connectivity index (χ1v) is 12.3. The number of hydrogen-bond donors (Lipinski definition) is 4. The van der Waals surface area contributed by atoms with Gasteiger partial charge in [-0.25, -0.2) is 14.4 Å². The standard InChI is InChI=1S/C23H40BN3O9/c1-21(2,3)35-19(31)25-23(18(29)30)12-15(9-10-24(33)34)13-26(14-23)17(28)16-8-7-11-27(16)20(32)36-22(4,5)6/h15-16,33-34H,7-14H2,1-6H3,(H,25,31)(H,29,30)/t15-,16-,23+/m0/s1. The van der Waals surface area contributed by atoms with E-state index in [0.717, 1.165) is 0 Å². The molecule has 2 aliphatic heterocycles. The van der Waals surface area contributed by atoms with Gasteiger partial charge in [0.2, 0.25) is 5.91 Å². The lowest BCUT2D eigenvalue weighted by Gasteiger charge is -2.45. The molecule has 0 saturated carbocycles. The second-order valence-electron chi connectivity index (χ2n) is 11.7. The highest BCUT2D eigenvalue weighted by Gasteiger charge is 2.50. The minimum atomic E-state index is -1.85. The van der Waals surface area contributed by atoms with E-state index in [4.69, 9.17) is 9.47 Å². The molecule has 0 aromatic rings. The number of nitrogens with zero attached hydrogens (tertiary/aromatic N) is 2. The third kappa shape index (κ3) is 8.26. The summed E-state index contributed by atoms with van der Waals surface area (Å²) in [5, 5.41) is 31.3. The highest BCUT2D eigenvalue weighted by molar-refractivity contribution is 6.40. The fourth-order valence-corrected chi connectivity index (χ4v) is 4.64. The Bertz CT molecular complexity index is 840. The third-order valence-electron chi connectivity index (χ3n) is 6.04. The summed E-state index contributed by atoms with van der Waals surface area (Å²) in [5.41, 5.74) is -3.47. The topological polar surface area (TPSA) is 166 Å². The fraction of sp³-hybridized carbons (Fsp3) is 0.826. The van der Waals surface area contributed by atoms with Crippen molar-refractivity contribution in [3.05, 3.63) is 0 Å². The normalized spacial score (nSPS) is 24.8. The Kier molecular flexibility index (Phi) is 9.27. The Morgan fingerprint density at radius 1 is 1.06 bits per heavy atom. The van der Waals surface area contributed by atoms with Crippen LogP contribution in [0.5, 0.6) is 0 Å². The van der Waals surface area contributed by atoms with E-state index in [9.17, 15) is 34.3 Å². The number of hydrogen-bond acceptors (Lipinski definition) is 8. The zero-order chi connectivity index (χ0) is 27.5. The van der Waals surface area contributed by atoms with Crippen LogP contribution in [-0.2, 0) is 19.1 Å². The SMILES string of the molecule is CC(C)(C)OC(=O)N[C@]1(C(=O)O)C[C@H](CCB(O)O)CN(C(=O)[C@@H]2CCCN2C(=O)OC(C)(C)C)C1. The van der Waals surface area contributed by atoms with E-state index in [-0.39, 0.29) is 32.3 Å². The van der Waals surface area contributed by atoms with Gasteiger partial charge in [0.1, 0.15) is 17.2 Å². The van der Waals surface area contributed by atoms with Gasteiger partial charge in [-0.1, -0.05) is 6.42 Å². The van der Waals surface area contributed by atoms with Crippen molar-refractivity contribution in [3.63, 3.8) is 0 Å². The molecular formula is C23H40BN3O9. The zero-order valence-corrected chi connectivity index (χ0v) is 22.1. The van der Waals surface area contributed by atoms with Crippen molar-refractivity contribution >= 4 is 31.2 Å². The van der Waals surface area contributed by atoms with Crippen LogP contribution in [0.25, 0.3) is 0 Å². The number of amides is 3. The predicted octanol–water partition coefficient (Wildman–Crippen LogP) is 1.45. The van der Waals surface area contributed by atoms with Crippen LogP contribution in [-0.4, -0.2) is 98.6 Å². The van der Waals surface area contributed by atoms with Crippen LogP contribution >= 0.6 is 0 Å². The molecule has 4 N–H and O–H groups in total. The summed E-state index contributed by atoms with van der Waals surface area (Å²) in [6, 6.07) is -0.824. The van der Waals surface area contributed by atoms with Gasteiger partial charge >= 0.3 is 25.3 Å². The van der Waals surface area contributed by atoms with E-state index in [1.807, 2.05) is 0 Å². The smallest absolute Gasteiger partial charge is 0.451 e. The summed E-state index contributed by atoms with van der Waals surface area (Å²) in [7, 11) is -1.59. The summed E-state index contributed by atoms with van der Waals surface area (Å²) in [6.45, 7) is 10.3. The predicted molar refractivity (Wildman–Crippen MR) is 130 cm³/mol. The molecule has 2 rings (SSSR count). The van der Waals surface area contributed by atoms with Crippen molar-refractivity contribution < 1.29 is 43.8 Å². The number of carboxylic acid groups (broad SMARTS) is 1. The van der Waals surface area contributed by atoms with E-state index in [1.165, 1.54) is 9.80 Å². The number of carbonyl (C=O) groups is 4. The largest absolute Gasteiger partial charge is 0.479 e. The van der Waals surface area contributed by atoms with Crippen LogP contribution < -0.4 is 5.32 Å². The van der Waals surface area contributed by atoms with Crippen LogP contribution in [0, 0.1) is 5.92 Å². The maximum atomic E-state index is 13.6. The summed E-state index contributed by atoms with van der Waals surface area (Å²) in [5.74, 6) is -2.23. The van der Waals surface area contributed by atoms with Crippen LogP contribution in [0.15, 0.2) is 0 Å². The molecule has 0 spiro atoms. The number of rotatable bonds is 6. The first kappa shape index (κ1) is 29.7. The Morgan fingerprint density at radius 3 is 2.19 bits per heavy atom. The van der Waals surface area contributed by atoms with Gasteiger partial charge in [-0.05, 0) is 73.0 Å². The van der Waals surface area contributed by atoms with Gasteiger partial charge in [-0.2, -0.15) is 0 Å². The van der Waals surface area contributed by atoms with Crippen molar-refractivity contribution in [2.24, 2.45) is 5.92 Å².